The average molecular weight is 340 g/mol. The highest BCUT2D eigenvalue weighted by Gasteiger charge is 2.10. The Labute approximate surface area is 124 Å². The first kappa shape index (κ1) is 14.1. The summed E-state index contributed by atoms with van der Waals surface area (Å²) in [5.41, 5.74) is 2.16. The molecule has 0 atom stereocenters. The van der Waals surface area contributed by atoms with E-state index in [1.807, 2.05) is 26.1 Å². The van der Waals surface area contributed by atoms with E-state index in [0.29, 0.717) is 5.56 Å². The lowest BCUT2D eigenvalue weighted by Crippen LogP contribution is -2.16. The van der Waals surface area contributed by atoms with E-state index < -0.39 is 5.97 Å². The first-order valence-corrected chi connectivity index (χ1v) is 7.42. The highest BCUT2D eigenvalue weighted by molar-refractivity contribution is 9.10. The van der Waals surface area contributed by atoms with Crippen LogP contribution in [0.2, 0.25) is 0 Å². The second-order valence-electron chi connectivity index (χ2n) is 4.39. The molecule has 0 saturated carbocycles. The molecule has 1 aromatic carbocycles. The first-order valence-electron chi connectivity index (χ1n) is 5.75. The molecule has 0 unspecified atom stereocenters. The van der Waals surface area contributed by atoms with Gasteiger partial charge < -0.3 is 10.0 Å². The number of carbonyl (C=O) groups is 1. The van der Waals surface area contributed by atoms with Crippen molar-refractivity contribution in [2.24, 2.45) is 0 Å². The Balaban J connectivity index is 2.17. The second-order valence-corrected chi connectivity index (χ2v) is 6.30. The fourth-order valence-electron chi connectivity index (χ4n) is 1.89. The number of rotatable bonds is 4. The number of aryl methyl sites for hydroxylation is 1. The Kier molecular flexibility index (Phi) is 4.27. The van der Waals surface area contributed by atoms with E-state index in [1.165, 1.54) is 4.88 Å². The van der Waals surface area contributed by atoms with Gasteiger partial charge in [-0.05, 0) is 52.7 Å². The predicted molar refractivity (Wildman–Crippen MR) is 82.3 cm³/mol. The third kappa shape index (κ3) is 3.36. The van der Waals surface area contributed by atoms with Gasteiger partial charge >= 0.3 is 5.97 Å². The molecule has 19 heavy (non-hydrogen) atoms. The monoisotopic (exact) mass is 339 g/mol. The van der Waals surface area contributed by atoms with Crippen LogP contribution in [0.1, 0.15) is 20.8 Å². The van der Waals surface area contributed by atoms with Gasteiger partial charge in [-0.1, -0.05) is 0 Å². The lowest BCUT2D eigenvalue weighted by molar-refractivity contribution is 0.0696. The molecule has 1 aromatic heterocycles. The van der Waals surface area contributed by atoms with E-state index in [9.17, 15) is 4.79 Å². The van der Waals surface area contributed by atoms with Crippen molar-refractivity contribution in [3.63, 3.8) is 0 Å². The van der Waals surface area contributed by atoms with E-state index in [4.69, 9.17) is 5.11 Å². The molecule has 0 aliphatic rings. The predicted octanol–water partition coefficient (Wildman–Crippen LogP) is 4.15. The minimum atomic E-state index is -0.881. The molecule has 0 radical (unpaired) electrons. The number of halogens is 1. The van der Waals surface area contributed by atoms with Crippen molar-refractivity contribution in [3.8, 4) is 0 Å². The van der Waals surface area contributed by atoms with Gasteiger partial charge in [-0.25, -0.2) is 4.79 Å². The summed E-state index contributed by atoms with van der Waals surface area (Å²) in [6.45, 7) is 2.63. The summed E-state index contributed by atoms with van der Waals surface area (Å²) in [6, 6.07) is 7.51. The Morgan fingerprint density at radius 2 is 2.16 bits per heavy atom. The normalized spacial score (nSPS) is 10.5. The zero-order valence-electron chi connectivity index (χ0n) is 10.7. The number of hydrogen-bond acceptors (Lipinski definition) is 3. The summed E-state index contributed by atoms with van der Waals surface area (Å²) < 4.78 is 1.10. The van der Waals surface area contributed by atoms with Gasteiger partial charge in [0.15, 0.2) is 0 Å². The van der Waals surface area contributed by atoms with Crippen molar-refractivity contribution in [1.29, 1.82) is 0 Å². The average Bonchev–Trinajstić information content (AvgIpc) is 2.74. The van der Waals surface area contributed by atoms with Crippen LogP contribution in [0.5, 0.6) is 0 Å². The fourth-order valence-corrected chi connectivity index (χ4v) is 3.39. The third-order valence-corrected chi connectivity index (χ3v) is 4.58. The number of carboxylic acids is 1. The third-order valence-electron chi connectivity index (χ3n) is 2.90. The van der Waals surface area contributed by atoms with Crippen LogP contribution < -0.4 is 4.90 Å². The Morgan fingerprint density at radius 3 is 2.68 bits per heavy atom. The van der Waals surface area contributed by atoms with Gasteiger partial charge in [-0.3, -0.25) is 0 Å². The number of thiophene rings is 1. The Bertz CT molecular complexity index is 609. The van der Waals surface area contributed by atoms with E-state index in [-0.39, 0.29) is 0 Å². The highest BCUT2D eigenvalue weighted by Crippen LogP contribution is 2.24. The van der Waals surface area contributed by atoms with Crippen molar-refractivity contribution in [2.45, 2.75) is 13.5 Å². The molecule has 0 bridgehead atoms. The summed E-state index contributed by atoms with van der Waals surface area (Å²) in [4.78, 5) is 14.3. The second kappa shape index (κ2) is 5.75. The van der Waals surface area contributed by atoms with Gasteiger partial charge in [-0.15, -0.1) is 11.3 Å². The molecular weight excluding hydrogens is 326 g/mol. The molecule has 2 aromatic rings. The molecule has 0 fully saturated rings. The molecule has 0 spiro atoms. The summed E-state index contributed by atoms with van der Waals surface area (Å²) in [7, 11) is 2.00. The molecule has 0 aliphatic carbocycles. The standard InChI is InChI=1S/C14H14BrNO2S/c1-9-5-11(3-4-13(9)14(17)18)16(2)7-12-6-10(15)8-19-12/h3-6,8H,7H2,1-2H3,(H,17,18). The molecule has 0 amide bonds. The largest absolute Gasteiger partial charge is 0.478 e. The molecule has 3 nitrogen and oxygen atoms in total. The molecule has 100 valence electrons. The van der Waals surface area contributed by atoms with Crippen LogP contribution in [0.15, 0.2) is 34.1 Å². The van der Waals surface area contributed by atoms with E-state index in [0.717, 1.165) is 22.3 Å². The number of nitrogens with zero attached hydrogens (tertiary/aromatic N) is 1. The van der Waals surface area contributed by atoms with Gasteiger partial charge in [-0.2, -0.15) is 0 Å². The van der Waals surface area contributed by atoms with Crippen LogP contribution in [0.25, 0.3) is 0 Å². The summed E-state index contributed by atoms with van der Waals surface area (Å²) in [5, 5.41) is 11.1. The Hall–Kier alpha value is -1.33. The fraction of sp³-hybridized carbons (Fsp3) is 0.214. The highest BCUT2D eigenvalue weighted by atomic mass is 79.9. The van der Waals surface area contributed by atoms with Crippen LogP contribution >= 0.6 is 27.3 Å². The molecule has 5 heteroatoms. The lowest BCUT2D eigenvalue weighted by atomic mass is 10.1. The number of aromatic carboxylic acids is 1. The van der Waals surface area contributed by atoms with Crippen LogP contribution in [-0.4, -0.2) is 18.1 Å². The zero-order valence-corrected chi connectivity index (χ0v) is 13.1. The van der Waals surface area contributed by atoms with Gasteiger partial charge in [0.2, 0.25) is 0 Å². The SMILES string of the molecule is Cc1cc(N(C)Cc2cc(Br)cs2)ccc1C(=O)O. The van der Waals surface area contributed by atoms with Crippen molar-refractivity contribution in [3.05, 3.63) is 50.1 Å². The Morgan fingerprint density at radius 1 is 1.42 bits per heavy atom. The number of hydrogen-bond donors (Lipinski definition) is 1. The molecule has 0 aliphatic heterocycles. The molecule has 1 N–H and O–H groups in total. The maximum Gasteiger partial charge on any atom is 0.335 e. The smallest absolute Gasteiger partial charge is 0.335 e. The summed E-state index contributed by atoms with van der Waals surface area (Å²) in [6.07, 6.45) is 0. The van der Waals surface area contributed by atoms with Crippen molar-refractivity contribution < 1.29 is 9.90 Å². The van der Waals surface area contributed by atoms with Crippen LogP contribution in [0.4, 0.5) is 5.69 Å². The van der Waals surface area contributed by atoms with Gasteiger partial charge in [0.05, 0.1) is 12.1 Å². The maximum atomic E-state index is 11.0. The molecule has 0 saturated heterocycles. The van der Waals surface area contributed by atoms with E-state index >= 15 is 0 Å². The quantitative estimate of drug-likeness (QED) is 0.909. The topological polar surface area (TPSA) is 40.5 Å². The molecule has 1 heterocycles. The number of carboxylic acid groups (broad SMARTS) is 1. The number of anilines is 1. The summed E-state index contributed by atoms with van der Waals surface area (Å²) >= 11 is 5.14. The first-order chi connectivity index (χ1) is 8.97. The van der Waals surface area contributed by atoms with Gasteiger partial charge in [0.25, 0.3) is 0 Å². The van der Waals surface area contributed by atoms with Crippen molar-refractivity contribution in [2.75, 3.05) is 11.9 Å². The van der Waals surface area contributed by atoms with Crippen molar-refractivity contribution in [1.82, 2.24) is 0 Å². The van der Waals surface area contributed by atoms with E-state index in [1.54, 1.807) is 17.4 Å². The molecule has 2 rings (SSSR count). The van der Waals surface area contributed by atoms with Gasteiger partial charge in [0, 0.05) is 27.5 Å². The van der Waals surface area contributed by atoms with Crippen LogP contribution in [0, 0.1) is 6.92 Å². The minimum Gasteiger partial charge on any atom is -0.478 e. The van der Waals surface area contributed by atoms with Crippen LogP contribution in [-0.2, 0) is 6.54 Å². The van der Waals surface area contributed by atoms with Gasteiger partial charge in [0.1, 0.15) is 0 Å². The van der Waals surface area contributed by atoms with E-state index in [2.05, 4.69) is 32.3 Å². The zero-order chi connectivity index (χ0) is 14.0. The minimum absolute atomic E-state index is 0.357. The number of benzene rings is 1. The van der Waals surface area contributed by atoms with Crippen molar-refractivity contribution >= 4 is 38.9 Å². The summed E-state index contributed by atoms with van der Waals surface area (Å²) in [5.74, 6) is -0.881. The lowest BCUT2D eigenvalue weighted by Gasteiger charge is -2.19. The van der Waals surface area contributed by atoms with Crippen LogP contribution in [0.3, 0.4) is 0 Å². The molecular formula is C14H14BrNO2S. The maximum absolute atomic E-state index is 11.0.